The summed E-state index contributed by atoms with van der Waals surface area (Å²) < 4.78 is 5.55. The lowest BCUT2D eigenvalue weighted by Gasteiger charge is -2.14. The van der Waals surface area contributed by atoms with Crippen molar-refractivity contribution in [1.82, 2.24) is 4.98 Å². The Morgan fingerprint density at radius 2 is 2.25 bits per heavy atom. The fraction of sp³-hybridized carbons (Fsp3) is 0.250. The van der Waals surface area contributed by atoms with E-state index in [-0.39, 0.29) is 6.04 Å². The molecule has 0 aliphatic rings. The van der Waals surface area contributed by atoms with Crippen LogP contribution in [0.2, 0.25) is 0 Å². The topological polar surface area (TPSA) is 48.1 Å². The van der Waals surface area contributed by atoms with Crippen molar-refractivity contribution in [2.24, 2.45) is 5.73 Å². The van der Waals surface area contributed by atoms with Gasteiger partial charge in [0.05, 0.1) is 23.9 Å². The average molecular weight is 234 g/mol. The third-order valence-electron chi connectivity index (χ3n) is 2.32. The van der Waals surface area contributed by atoms with Crippen LogP contribution >= 0.6 is 11.3 Å². The van der Waals surface area contributed by atoms with Gasteiger partial charge in [-0.15, -0.1) is 11.3 Å². The standard InChI is InChI=1S/C12H14N2OS/c1-2-15-11-6-4-3-5-9(11)12(13)10-7-16-8-14-10/h3-8,12H,2,13H2,1H3. The van der Waals surface area contributed by atoms with E-state index in [1.807, 2.05) is 36.6 Å². The molecular formula is C12H14N2OS. The number of rotatable bonds is 4. The first-order valence-electron chi connectivity index (χ1n) is 5.18. The molecule has 1 heterocycles. The van der Waals surface area contributed by atoms with Crippen molar-refractivity contribution >= 4 is 11.3 Å². The Morgan fingerprint density at radius 3 is 2.94 bits per heavy atom. The monoisotopic (exact) mass is 234 g/mol. The van der Waals surface area contributed by atoms with Crippen molar-refractivity contribution in [3.63, 3.8) is 0 Å². The molecule has 0 saturated heterocycles. The zero-order valence-electron chi connectivity index (χ0n) is 9.09. The summed E-state index contributed by atoms with van der Waals surface area (Å²) in [6.07, 6.45) is 0. The van der Waals surface area contributed by atoms with Gasteiger partial charge in [-0.2, -0.15) is 0 Å². The minimum atomic E-state index is -0.214. The van der Waals surface area contributed by atoms with E-state index in [9.17, 15) is 0 Å². The van der Waals surface area contributed by atoms with E-state index in [1.165, 1.54) is 0 Å². The highest BCUT2D eigenvalue weighted by Gasteiger charge is 2.14. The van der Waals surface area contributed by atoms with Crippen molar-refractivity contribution in [1.29, 1.82) is 0 Å². The first-order valence-corrected chi connectivity index (χ1v) is 6.12. The van der Waals surface area contributed by atoms with Crippen LogP contribution in [0.5, 0.6) is 5.75 Å². The molecule has 4 heteroatoms. The minimum Gasteiger partial charge on any atom is -0.494 e. The third-order valence-corrected chi connectivity index (χ3v) is 2.93. The summed E-state index contributed by atoms with van der Waals surface area (Å²) in [5, 5.41) is 1.97. The summed E-state index contributed by atoms with van der Waals surface area (Å²) in [5.41, 5.74) is 9.81. The molecule has 0 amide bonds. The maximum absolute atomic E-state index is 6.16. The van der Waals surface area contributed by atoms with Crippen LogP contribution in [0, 0.1) is 0 Å². The highest BCUT2D eigenvalue weighted by molar-refractivity contribution is 7.07. The Morgan fingerprint density at radius 1 is 1.44 bits per heavy atom. The molecule has 3 nitrogen and oxygen atoms in total. The molecule has 84 valence electrons. The van der Waals surface area contributed by atoms with Gasteiger partial charge in [0.2, 0.25) is 0 Å². The van der Waals surface area contributed by atoms with Crippen LogP contribution in [-0.4, -0.2) is 11.6 Å². The second-order valence-electron chi connectivity index (χ2n) is 3.36. The van der Waals surface area contributed by atoms with Gasteiger partial charge in [-0.3, -0.25) is 0 Å². The van der Waals surface area contributed by atoms with Crippen molar-refractivity contribution in [2.45, 2.75) is 13.0 Å². The van der Waals surface area contributed by atoms with E-state index < -0.39 is 0 Å². The molecule has 1 aromatic heterocycles. The molecule has 2 rings (SSSR count). The van der Waals surface area contributed by atoms with Crippen LogP contribution in [0.25, 0.3) is 0 Å². The number of nitrogens with two attached hydrogens (primary N) is 1. The van der Waals surface area contributed by atoms with E-state index in [0.29, 0.717) is 6.61 Å². The molecule has 0 spiro atoms. The summed E-state index contributed by atoms with van der Waals surface area (Å²) in [6.45, 7) is 2.60. The molecule has 0 aliphatic carbocycles. The van der Waals surface area contributed by atoms with Crippen molar-refractivity contribution in [3.05, 3.63) is 46.4 Å². The van der Waals surface area contributed by atoms with Gasteiger partial charge in [0.1, 0.15) is 5.75 Å². The number of benzene rings is 1. The first-order chi connectivity index (χ1) is 7.83. The number of hydrogen-bond acceptors (Lipinski definition) is 4. The molecule has 0 radical (unpaired) electrons. The van der Waals surface area contributed by atoms with Gasteiger partial charge >= 0.3 is 0 Å². The Hall–Kier alpha value is -1.39. The van der Waals surface area contributed by atoms with Crippen LogP contribution in [0.1, 0.15) is 24.2 Å². The maximum atomic E-state index is 6.16. The lowest BCUT2D eigenvalue weighted by Crippen LogP contribution is -2.13. The zero-order chi connectivity index (χ0) is 11.4. The van der Waals surface area contributed by atoms with Gasteiger partial charge in [-0.1, -0.05) is 18.2 Å². The largest absolute Gasteiger partial charge is 0.494 e. The smallest absolute Gasteiger partial charge is 0.124 e. The Balaban J connectivity index is 2.32. The van der Waals surface area contributed by atoms with E-state index >= 15 is 0 Å². The van der Waals surface area contributed by atoms with Gasteiger partial charge < -0.3 is 10.5 Å². The summed E-state index contributed by atoms with van der Waals surface area (Å²) >= 11 is 1.55. The predicted molar refractivity (Wildman–Crippen MR) is 65.8 cm³/mol. The summed E-state index contributed by atoms with van der Waals surface area (Å²) in [6, 6.07) is 7.61. The quantitative estimate of drug-likeness (QED) is 0.884. The minimum absolute atomic E-state index is 0.214. The number of para-hydroxylation sites is 1. The van der Waals surface area contributed by atoms with Crippen molar-refractivity contribution in [2.75, 3.05) is 6.61 Å². The number of ether oxygens (including phenoxy) is 1. The highest BCUT2D eigenvalue weighted by Crippen LogP contribution is 2.27. The molecule has 0 fully saturated rings. The van der Waals surface area contributed by atoms with E-state index in [1.54, 1.807) is 16.8 Å². The highest BCUT2D eigenvalue weighted by atomic mass is 32.1. The van der Waals surface area contributed by atoms with Gasteiger partial charge in [0.15, 0.2) is 0 Å². The van der Waals surface area contributed by atoms with Gasteiger partial charge in [-0.25, -0.2) is 4.98 Å². The molecule has 1 unspecified atom stereocenters. The summed E-state index contributed by atoms with van der Waals surface area (Å²) in [4.78, 5) is 4.23. The molecule has 16 heavy (non-hydrogen) atoms. The van der Waals surface area contributed by atoms with Gasteiger partial charge in [0.25, 0.3) is 0 Å². The number of thiazole rings is 1. The second kappa shape index (κ2) is 5.09. The molecular weight excluding hydrogens is 220 g/mol. The van der Waals surface area contributed by atoms with Crippen LogP contribution in [0.3, 0.4) is 0 Å². The molecule has 1 atom stereocenters. The third kappa shape index (κ3) is 2.23. The molecule has 1 aromatic carbocycles. The van der Waals surface area contributed by atoms with Crippen LogP contribution < -0.4 is 10.5 Å². The first kappa shape index (κ1) is 11.1. The molecule has 0 aliphatic heterocycles. The second-order valence-corrected chi connectivity index (χ2v) is 4.08. The van der Waals surface area contributed by atoms with E-state index in [4.69, 9.17) is 10.5 Å². The van der Waals surface area contributed by atoms with Gasteiger partial charge in [-0.05, 0) is 13.0 Å². The SMILES string of the molecule is CCOc1ccccc1C(N)c1cscn1. The Kier molecular flexibility index (Phi) is 3.54. The van der Waals surface area contributed by atoms with Crippen LogP contribution in [-0.2, 0) is 0 Å². The predicted octanol–water partition coefficient (Wildman–Crippen LogP) is 2.59. The normalized spacial score (nSPS) is 12.4. The maximum Gasteiger partial charge on any atom is 0.124 e. The van der Waals surface area contributed by atoms with Gasteiger partial charge in [0, 0.05) is 10.9 Å². The fourth-order valence-corrected chi connectivity index (χ4v) is 2.15. The van der Waals surface area contributed by atoms with E-state index in [0.717, 1.165) is 17.0 Å². The molecule has 0 saturated carbocycles. The molecule has 2 aromatic rings. The average Bonchev–Trinajstić information content (AvgIpc) is 2.83. The van der Waals surface area contributed by atoms with E-state index in [2.05, 4.69) is 4.98 Å². The number of aromatic nitrogens is 1. The van der Waals surface area contributed by atoms with Crippen LogP contribution in [0.15, 0.2) is 35.2 Å². The van der Waals surface area contributed by atoms with Crippen LogP contribution in [0.4, 0.5) is 0 Å². The number of hydrogen-bond donors (Lipinski definition) is 1. The summed E-state index contributed by atoms with van der Waals surface area (Å²) in [5.74, 6) is 0.838. The Bertz CT molecular complexity index is 442. The number of nitrogens with zero attached hydrogens (tertiary/aromatic N) is 1. The molecule has 2 N–H and O–H groups in total. The fourth-order valence-electron chi connectivity index (χ4n) is 1.56. The lowest BCUT2D eigenvalue weighted by molar-refractivity contribution is 0.335. The lowest BCUT2D eigenvalue weighted by atomic mass is 10.0. The zero-order valence-corrected chi connectivity index (χ0v) is 9.91. The van der Waals surface area contributed by atoms with Crippen molar-refractivity contribution < 1.29 is 4.74 Å². The molecule has 0 bridgehead atoms. The van der Waals surface area contributed by atoms with Crippen molar-refractivity contribution in [3.8, 4) is 5.75 Å². The summed E-state index contributed by atoms with van der Waals surface area (Å²) in [7, 11) is 0. The Labute approximate surface area is 98.9 Å².